The summed E-state index contributed by atoms with van der Waals surface area (Å²) in [6, 6.07) is 2.02. The highest BCUT2D eigenvalue weighted by Crippen LogP contribution is 2.17. The van der Waals surface area contributed by atoms with Crippen molar-refractivity contribution in [3.63, 3.8) is 0 Å². The van der Waals surface area contributed by atoms with Crippen molar-refractivity contribution >= 4 is 11.3 Å². The topological polar surface area (TPSA) is 35.2 Å². The SMILES string of the molecule is CC(C)COCc1sccc1C#CCN. The maximum Gasteiger partial charge on any atom is 0.0822 e. The van der Waals surface area contributed by atoms with Crippen molar-refractivity contribution in [3.8, 4) is 11.8 Å². The van der Waals surface area contributed by atoms with Gasteiger partial charge in [0.1, 0.15) is 0 Å². The Labute approximate surface area is 95.4 Å². The number of thiophene rings is 1. The molecule has 0 spiro atoms. The van der Waals surface area contributed by atoms with Crippen LogP contribution in [-0.4, -0.2) is 13.2 Å². The van der Waals surface area contributed by atoms with E-state index in [1.54, 1.807) is 11.3 Å². The van der Waals surface area contributed by atoms with Gasteiger partial charge < -0.3 is 10.5 Å². The van der Waals surface area contributed by atoms with Crippen molar-refractivity contribution in [1.29, 1.82) is 0 Å². The second-order valence-corrected chi connectivity index (χ2v) is 4.67. The van der Waals surface area contributed by atoms with Crippen LogP contribution >= 0.6 is 11.3 Å². The van der Waals surface area contributed by atoms with Crippen molar-refractivity contribution in [2.45, 2.75) is 20.5 Å². The summed E-state index contributed by atoms with van der Waals surface area (Å²) in [5.74, 6) is 6.48. The predicted octanol–water partition coefficient (Wildman–Crippen LogP) is 2.23. The minimum absolute atomic E-state index is 0.405. The number of rotatable bonds is 4. The van der Waals surface area contributed by atoms with Gasteiger partial charge in [-0.15, -0.1) is 11.3 Å². The second kappa shape index (κ2) is 6.62. The van der Waals surface area contributed by atoms with Crippen LogP contribution in [-0.2, 0) is 11.3 Å². The first kappa shape index (κ1) is 12.3. The third kappa shape index (κ3) is 4.48. The number of hydrogen-bond acceptors (Lipinski definition) is 3. The fourth-order valence-electron chi connectivity index (χ4n) is 1.10. The molecule has 0 amide bonds. The fraction of sp³-hybridized carbons (Fsp3) is 0.500. The molecule has 1 aromatic heterocycles. The lowest BCUT2D eigenvalue weighted by atomic mass is 10.2. The van der Waals surface area contributed by atoms with Gasteiger partial charge in [-0.05, 0) is 17.4 Å². The lowest BCUT2D eigenvalue weighted by Gasteiger charge is -2.05. The Morgan fingerprint density at radius 1 is 1.53 bits per heavy atom. The zero-order chi connectivity index (χ0) is 11.1. The summed E-state index contributed by atoms with van der Waals surface area (Å²) < 4.78 is 5.57. The van der Waals surface area contributed by atoms with Crippen molar-refractivity contribution in [2.75, 3.05) is 13.2 Å². The normalized spacial score (nSPS) is 10.1. The molecule has 0 fully saturated rings. The Hall–Kier alpha value is -0.820. The average Bonchev–Trinajstić information content (AvgIpc) is 2.62. The Balaban J connectivity index is 2.50. The molecule has 0 atom stereocenters. The van der Waals surface area contributed by atoms with E-state index in [1.807, 2.05) is 11.4 Å². The van der Waals surface area contributed by atoms with Gasteiger partial charge in [0.15, 0.2) is 0 Å². The lowest BCUT2D eigenvalue weighted by molar-refractivity contribution is 0.0988. The molecule has 0 unspecified atom stereocenters. The molecule has 2 N–H and O–H groups in total. The number of ether oxygens (including phenoxy) is 1. The molecule has 0 saturated carbocycles. The van der Waals surface area contributed by atoms with Gasteiger partial charge >= 0.3 is 0 Å². The first-order chi connectivity index (χ1) is 7.24. The van der Waals surface area contributed by atoms with Crippen LogP contribution < -0.4 is 5.73 Å². The van der Waals surface area contributed by atoms with E-state index in [-0.39, 0.29) is 0 Å². The van der Waals surface area contributed by atoms with Gasteiger partial charge in [0, 0.05) is 17.0 Å². The first-order valence-electron chi connectivity index (χ1n) is 5.07. The summed E-state index contributed by atoms with van der Waals surface area (Å²) in [5, 5.41) is 2.04. The molecule has 1 aromatic rings. The summed E-state index contributed by atoms with van der Waals surface area (Å²) >= 11 is 1.68. The van der Waals surface area contributed by atoms with Crippen LogP contribution in [0.15, 0.2) is 11.4 Å². The second-order valence-electron chi connectivity index (χ2n) is 3.67. The standard InChI is InChI=1S/C12H17NOS/c1-10(2)8-14-9-12-11(4-3-6-13)5-7-15-12/h5,7,10H,6,8-9,13H2,1-2H3. The summed E-state index contributed by atoms with van der Waals surface area (Å²) in [4.78, 5) is 1.19. The van der Waals surface area contributed by atoms with Crippen molar-refractivity contribution < 1.29 is 4.74 Å². The minimum Gasteiger partial charge on any atom is -0.376 e. The molecule has 15 heavy (non-hydrogen) atoms. The molecular formula is C12H17NOS. The van der Waals surface area contributed by atoms with Crippen molar-refractivity contribution in [1.82, 2.24) is 0 Å². The molecule has 1 rings (SSSR count). The van der Waals surface area contributed by atoms with E-state index < -0.39 is 0 Å². The van der Waals surface area contributed by atoms with Gasteiger partial charge in [-0.1, -0.05) is 25.7 Å². The molecule has 0 aliphatic heterocycles. The lowest BCUT2D eigenvalue weighted by Crippen LogP contribution is -2.01. The van der Waals surface area contributed by atoms with Crippen LogP contribution in [0.25, 0.3) is 0 Å². The largest absolute Gasteiger partial charge is 0.376 e. The molecule has 2 nitrogen and oxygen atoms in total. The van der Waals surface area contributed by atoms with Crippen LogP contribution in [0.4, 0.5) is 0 Å². The van der Waals surface area contributed by atoms with E-state index in [0.717, 1.165) is 12.2 Å². The molecule has 82 valence electrons. The molecule has 1 heterocycles. The highest BCUT2D eigenvalue weighted by molar-refractivity contribution is 7.10. The van der Waals surface area contributed by atoms with Gasteiger partial charge in [-0.2, -0.15) is 0 Å². The smallest absolute Gasteiger partial charge is 0.0822 e. The van der Waals surface area contributed by atoms with E-state index in [9.17, 15) is 0 Å². The Kier molecular flexibility index (Phi) is 5.41. The summed E-state index contributed by atoms with van der Waals surface area (Å²) in [6.45, 7) is 6.14. The summed E-state index contributed by atoms with van der Waals surface area (Å²) in [6.07, 6.45) is 0. The highest BCUT2D eigenvalue weighted by atomic mass is 32.1. The van der Waals surface area contributed by atoms with E-state index >= 15 is 0 Å². The van der Waals surface area contributed by atoms with Crippen LogP contribution in [0.3, 0.4) is 0 Å². The molecule has 0 bridgehead atoms. The Bertz CT molecular complexity index is 346. The van der Waals surface area contributed by atoms with Crippen molar-refractivity contribution in [2.24, 2.45) is 11.7 Å². The monoisotopic (exact) mass is 223 g/mol. The maximum absolute atomic E-state index is 5.57. The van der Waals surface area contributed by atoms with Crippen LogP contribution in [0, 0.1) is 17.8 Å². The Morgan fingerprint density at radius 2 is 2.33 bits per heavy atom. The molecule has 0 aliphatic rings. The zero-order valence-corrected chi connectivity index (χ0v) is 10.1. The van der Waals surface area contributed by atoms with Gasteiger partial charge in [-0.3, -0.25) is 0 Å². The van der Waals surface area contributed by atoms with Gasteiger partial charge in [0.2, 0.25) is 0 Å². The Morgan fingerprint density at radius 3 is 3.00 bits per heavy atom. The van der Waals surface area contributed by atoms with Crippen molar-refractivity contribution in [3.05, 3.63) is 21.9 Å². The molecule has 3 heteroatoms. The molecule has 0 saturated heterocycles. The summed E-state index contributed by atoms with van der Waals surface area (Å²) in [7, 11) is 0. The summed E-state index contributed by atoms with van der Waals surface area (Å²) in [5.41, 5.74) is 6.38. The van der Waals surface area contributed by atoms with Gasteiger partial charge in [0.25, 0.3) is 0 Å². The number of hydrogen-bond donors (Lipinski definition) is 1. The average molecular weight is 223 g/mol. The van der Waals surface area contributed by atoms with E-state index in [4.69, 9.17) is 10.5 Å². The number of nitrogens with two attached hydrogens (primary N) is 1. The van der Waals surface area contributed by atoms with E-state index in [0.29, 0.717) is 19.1 Å². The third-order valence-electron chi connectivity index (χ3n) is 1.75. The minimum atomic E-state index is 0.405. The van der Waals surface area contributed by atoms with Crippen LogP contribution in [0.1, 0.15) is 24.3 Å². The molecule has 0 aromatic carbocycles. The fourth-order valence-corrected chi connectivity index (χ4v) is 1.86. The zero-order valence-electron chi connectivity index (χ0n) is 9.25. The third-order valence-corrected chi connectivity index (χ3v) is 2.65. The molecule has 0 aliphatic carbocycles. The first-order valence-corrected chi connectivity index (χ1v) is 5.95. The predicted molar refractivity (Wildman–Crippen MR) is 64.7 cm³/mol. The van der Waals surface area contributed by atoms with Crippen LogP contribution in [0.2, 0.25) is 0 Å². The molecule has 0 radical (unpaired) electrons. The van der Waals surface area contributed by atoms with E-state index in [1.165, 1.54) is 4.88 Å². The quantitative estimate of drug-likeness (QED) is 0.794. The van der Waals surface area contributed by atoms with E-state index in [2.05, 4.69) is 25.7 Å². The van der Waals surface area contributed by atoms with Crippen LogP contribution in [0.5, 0.6) is 0 Å². The highest BCUT2D eigenvalue weighted by Gasteiger charge is 2.02. The van der Waals surface area contributed by atoms with Gasteiger partial charge in [0.05, 0.1) is 13.2 Å². The molecular weight excluding hydrogens is 206 g/mol. The van der Waals surface area contributed by atoms with Gasteiger partial charge in [-0.25, -0.2) is 0 Å². The maximum atomic E-state index is 5.57.